The number of aromatic nitrogens is 2. The zero-order chi connectivity index (χ0) is 17.1. The lowest BCUT2D eigenvalue weighted by atomic mass is 10.2. The van der Waals surface area contributed by atoms with E-state index in [9.17, 15) is 9.59 Å². The van der Waals surface area contributed by atoms with Crippen molar-refractivity contribution in [2.75, 3.05) is 6.61 Å². The van der Waals surface area contributed by atoms with E-state index < -0.39 is 18.3 Å². The highest BCUT2D eigenvalue weighted by Crippen LogP contribution is 2.20. The van der Waals surface area contributed by atoms with Crippen LogP contribution in [0.2, 0.25) is 0 Å². The number of hydrogen-bond acceptors (Lipinski definition) is 5. The number of benzene rings is 1. The van der Waals surface area contributed by atoms with Gasteiger partial charge in [0.25, 0.3) is 0 Å². The lowest BCUT2D eigenvalue weighted by Gasteiger charge is -2.16. The van der Waals surface area contributed by atoms with Crippen LogP contribution in [0, 0.1) is 11.6 Å². The maximum absolute atomic E-state index is 12.0. The summed E-state index contributed by atoms with van der Waals surface area (Å²) in [4.78, 5) is 26.5. The maximum Gasteiger partial charge on any atom is 0.338 e. The molecule has 0 amide bonds. The van der Waals surface area contributed by atoms with E-state index in [1.807, 2.05) is 13.0 Å². The highest BCUT2D eigenvalue weighted by molar-refractivity contribution is 7.71. The van der Waals surface area contributed by atoms with E-state index >= 15 is 0 Å². The molecule has 3 rings (SSSR count). The van der Waals surface area contributed by atoms with Crippen LogP contribution in [0.1, 0.15) is 22.1 Å². The number of rotatable bonds is 4. The third kappa shape index (κ3) is 3.52. The Kier molecular flexibility index (Phi) is 4.73. The molecule has 0 fully saturated rings. The van der Waals surface area contributed by atoms with Gasteiger partial charge in [-0.05, 0) is 25.1 Å². The minimum Gasteiger partial charge on any atom is -0.459 e. The van der Waals surface area contributed by atoms with Crippen LogP contribution < -0.4 is 5.69 Å². The lowest BCUT2D eigenvalue weighted by Crippen LogP contribution is -2.28. The number of esters is 1. The number of nitrogens with zero attached hydrogens (tertiary/aromatic N) is 1. The summed E-state index contributed by atoms with van der Waals surface area (Å²) in [7, 11) is 0. The first kappa shape index (κ1) is 16.4. The molecule has 1 aliphatic rings. The molecule has 0 bridgehead atoms. The van der Waals surface area contributed by atoms with Gasteiger partial charge >= 0.3 is 11.7 Å². The summed E-state index contributed by atoms with van der Waals surface area (Å²) in [6.07, 6.45) is 4.21. The monoisotopic (exact) mass is 344 g/mol. The molecule has 0 spiro atoms. The summed E-state index contributed by atoms with van der Waals surface area (Å²) in [5.74, 6) is -0.409. The number of aryl methyl sites for hydroxylation is 1. The van der Waals surface area contributed by atoms with Gasteiger partial charge in [-0.1, -0.05) is 36.5 Å². The molecule has 2 atom stereocenters. The van der Waals surface area contributed by atoms with E-state index in [-0.39, 0.29) is 12.3 Å². The predicted molar refractivity (Wildman–Crippen MR) is 90.4 cm³/mol. The molecule has 0 unspecified atom stereocenters. The van der Waals surface area contributed by atoms with Gasteiger partial charge in [-0.2, -0.15) is 0 Å². The van der Waals surface area contributed by atoms with Crippen molar-refractivity contribution in [3.05, 3.63) is 74.9 Å². The van der Waals surface area contributed by atoms with Gasteiger partial charge in [0.15, 0.2) is 6.23 Å². The first-order valence-corrected chi connectivity index (χ1v) is 7.83. The van der Waals surface area contributed by atoms with Gasteiger partial charge in [0.05, 0.1) is 5.56 Å². The summed E-state index contributed by atoms with van der Waals surface area (Å²) in [5.41, 5.74) is 0.918. The van der Waals surface area contributed by atoms with Crippen molar-refractivity contribution < 1.29 is 14.3 Å². The van der Waals surface area contributed by atoms with Gasteiger partial charge in [-0.3, -0.25) is 9.55 Å². The quantitative estimate of drug-likeness (QED) is 0.524. The summed E-state index contributed by atoms with van der Waals surface area (Å²) in [6, 6.07) is 8.74. The van der Waals surface area contributed by atoms with Crippen LogP contribution in [-0.4, -0.2) is 28.2 Å². The molecule has 2 aromatic rings. The molecular weight excluding hydrogens is 328 g/mol. The first-order valence-electron chi connectivity index (χ1n) is 7.42. The molecule has 0 radical (unpaired) electrons. The predicted octanol–water partition coefficient (Wildman–Crippen LogP) is 2.52. The zero-order valence-corrected chi connectivity index (χ0v) is 13.8. The van der Waals surface area contributed by atoms with Crippen molar-refractivity contribution in [3.63, 3.8) is 0 Å². The Bertz CT molecular complexity index is 885. The van der Waals surface area contributed by atoms with Crippen molar-refractivity contribution in [1.29, 1.82) is 0 Å². The van der Waals surface area contributed by atoms with Gasteiger partial charge in [0.2, 0.25) is 0 Å². The third-order valence-electron chi connectivity index (χ3n) is 3.61. The molecule has 0 aliphatic carbocycles. The molecule has 1 aromatic carbocycles. The topological polar surface area (TPSA) is 73.3 Å². The summed E-state index contributed by atoms with van der Waals surface area (Å²) >= 11 is 5.03. The molecule has 24 heavy (non-hydrogen) atoms. The second-order valence-corrected chi connectivity index (χ2v) is 5.80. The minimum atomic E-state index is -0.552. The number of aromatic amines is 1. The molecule has 1 aliphatic heterocycles. The summed E-state index contributed by atoms with van der Waals surface area (Å²) < 4.78 is 12.8. The fraction of sp³-hybridized carbons (Fsp3) is 0.235. The van der Waals surface area contributed by atoms with Crippen LogP contribution in [0.3, 0.4) is 0 Å². The normalized spacial score (nSPS) is 19.4. The Balaban J connectivity index is 1.62. The van der Waals surface area contributed by atoms with Crippen molar-refractivity contribution >= 4 is 18.2 Å². The average molecular weight is 344 g/mol. The molecule has 2 heterocycles. The van der Waals surface area contributed by atoms with E-state index in [2.05, 4.69) is 4.98 Å². The number of ether oxygens (including phenoxy) is 2. The van der Waals surface area contributed by atoms with E-state index in [1.54, 1.807) is 42.6 Å². The number of carbonyl (C=O) groups is 1. The van der Waals surface area contributed by atoms with Gasteiger partial charge in [0.1, 0.15) is 17.4 Å². The van der Waals surface area contributed by atoms with Gasteiger partial charge < -0.3 is 9.47 Å². The molecular formula is C17H16N2O4S. The third-order valence-corrected chi connectivity index (χ3v) is 4.04. The molecule has 7 heteroatoms. The van der Waals surface area contributed by atoms with Crippen LogP contribution in [-0.2, 0) is 9.47 Å². The number of hydrogen-bond donors (Lipinski definition) is 1. The molecule has 1 N–H and O–H groups in total. The number of H-pyrrole nitrogens is 1. The van der Waals surface area contributed by atoms with Crippen molar-refractivity contribution in [2.45, 2.75) is 19.3 Å². The van der Waals surface area contributed by atoms with Crippen LogP contribution in [0.4, 0.5) is 0 Å². The van der Waals surface area contributed by atoms with Gasteiger partial charge in [-0.15, -0.1) is 0 Å². The van der Waals surface area contributed by atoms with Crippen molar-refractivity contribution in [2.24, 2.45) is 0 Å². The molecule has 1 aromatic heterocycles. The van der Waals surface area contributed by atoms with E-state index in [0.717, 1.165) is 5.56 Å². The van der Waals surface area contributed by atoms with Crippen LogP contribution >= 0.6 is 12.2 Å². The summed E-state index contributed by atoms with van der Waals surface area (Å²) in [6.45, 7) is 1.89. The van der Waals surface area contributed by atoms with Crippen LogP contribution in [0.15, 0.2) is 53.5 Å². The van der Waals surface area contributed by atoms with Gasteiger partial charge in [0, 0.05) is 11.8 Å². The Morgan fingerprint density at radius 2 is 2.08 bits per heavy atom. The Hall–Kier alpha value is -2.51. The van der Waals surface area contributed by atoms with Crippen LogP contribution in [0.5, 0.6) is 0 Å². The van der Waals surface area contributed by atoms with Gasteiger partial charge in [-0.25, -0.2) is 9.59 Å². The SMILES string of the molecule is Cc1cn([C@H]2C=C[C@@H](COC(=O)c3ccccc3)O2)c(=O)[nH]c1=S. The Labute approximate surface area is 143 Å². The molecule has 124 valence electrons. The molecule has 6 nitrogen and oxygen atoms in total. The second kappa shape index (κ2) is 6.94. The Morgan fingerprint density at radius 1 is 1.33 bits per heavy atom. The van der Waals surface area contributed by atoms with Crippen LogP contribution in [0.25, 0.3) is 0 Å². The Morgan fingerprint density at radius 3 is 2.83 bits per heavy atom. The van der Waals surface area contributed by atoms with E-state index in [0.29, 0.717) is 10.2 Å². The highest BCUT2D eigenvalue weighted by Gasteiger charge is 2.23. The maximum atomic E-state index is 12.0. The summed E-state index contributed by atoms with van der Waals surface area (Å²) in [5, 5.41) is 0. The zero-order valence-electron chi connectivity index (χ0n) is 13.0. The first-order chi connectivity index (χ1) is 11.5. The lowest BCUT2D eigenvalue weighted by molar-refractivity contribution is -0.0223. The van der Waals surface area contributed by atoms with E-state index in [4.69, 9.17) is 21.7 Å². The molecule has 0 saturated carbocycles. The highest BCUT2D eigenvalue weighted by atomic mass is 32.1. The molecule has 0 saturated heterocycles. The fourth-order valence-electron chi connectivity index (χ4n) is 2.33. The van der Waals surface area contributed by atoms with Crippen molar-refractivity contribution in [1.82, 2.24) is 9.55 Å². The second-order valence-electron chi connectivity index (χ2n) is 5.39. The number of carbonyl (C=O) groups excluding carboxylic acids is 1. The average Bonchev–Trinajstić information content (AvgIpc) is 3.05. The smallest absolute Gasteiger partial charge is 0.338 e. The largest absolute Gasteiger partial charge is 0.459 e. The fourth-order valence-corrected chi connectivity index (χ4v) is 2.47. The number of nitrogens with one attached hydrogen (secondary N) is 1. The minimum absolute atomic E-state index is 0.0806. The standard InChI is InChI=1S/C17H16N2O4S/c1-11-9-19(17(21)18-15(11)24)14-8-7-13(23-14)10-22-16(20)12-5-3-2-4-6-12/h2-9,13-14H,10H2,1H3,(H,18,21,24)/t13-,14+/m0/s1. The van der Waals surface area contributed by atoms with E-state index in [1.165, 1.54) is 4.57 Å². The van der Waals surface area contributed by atoms with Crippen molar-refractivity contribution in [3.8, 4) is 0 Å².